The molecule has 10 heavy (non-hydrogen) atoms. The molecule has 0 aromatic carbocycles. The van der Waals surface area contributed by atoms with E-state index >= 15 is 0 Å². The zero-order chi connectivity index (χ0) is 7.23. The average molecular weight is 142 g/mol. The summed E-state index contributed by atoms with van der Waals surface area (Å²) in [6, 6.07) is 0. The lowest BCUT2D eigenvalue weighted by atomic mass is 10.4. The monoisotopic (exact) mass is 142 g/mol. The Kier molecular flexibility index (Phi) is 3.76. The fourth-order valence-corrected chi connectivity index (χ4v) is 1.19. The largest absolute Gasteiger partial charge is 0.380 e. The van der Waals surface area contributed by atoms with Gasteiger partial charge in [0.05, 0.1) is 6.61 Å². The van der Waals surface area contributed by atoms with Crippen molar-refractivity contribution in [2.75, 3.05) is 26.3 Å². The third-order valence-corrected chi connectivity index (χ3v) is 1.76. The predicted octanol–water partition coefficient (Wildman–Crippen LogP) is 1.28. The first-order valence-electron chi connectivity index (χ1n) is 4.08. The molecule has 1 radical (unpaired) electrons. The molecule has 0 aromatic rings. The summed E-state index contributed by atoms with van der Waals surface area (Å²) in [5, 5.41) is 0. The number of ether oxygens (including phenoxy) is 1. The molecular weight excluding hydrogens is 126 g/mol. The topological polar surface area (TPSA) is 12.5 Å². The number of rotatable bonds is 4. The molecule has 1 aliphatic rings. The first-order chi connectivity index (χ1) is 4.93. The Morgan fingerprint density at radius 2 is 2.50 bits per heavy atom. The second kappa shape index (κ2) is 4.69. The van der Waals surface area contributed by atoms with Gasteiger partial charge < -0.3 is 4.74 Å². The Morgan fingerprint density at radius 1 is 1.60 bits per heavy atom. The number of nitrogens with zero attached hydrogens (tertiary/aromatic N) is 1. The molecule has 59 valence electrons. The lowest BCUT2D eigenvalue weighted by molar-refractivity contribution is 0.127. The summed E-state index contributed by atoms with van der Waals surface area (Å²) < 4.78 is 5.23. The van der Waals surface area contributed by atoms with Gasteiger partial charge in [0, 0.05) is 19.7 Å². The summed E-state index contributed by atoms with van der Waals surface area (Å²) in [5.74, 6) is 0. The SMILES string of the molecule is CCOCCN1[CH]CCC1. The van der Waals surface area contributed by atoms with E-state index in [9.17, 15) is 0 Å². The van der Waals surface area contributed by atoms with E-state index in [1.807, 2.05) is 6.92 Å². The first-order valence-corrected chi connectivity index (χ1v) is 4.08. The predicted molar refractivity (Wildman–Crippen MR) is 41.6 cm³/mol. The zero-order valence-corrected chi connectivity index (χ0v) is 6.68. The highest BCUT2D eigenvalue weighted by Gasteiger charge is 2.10. The van der Waals surface area contributed by atoms with Crippen LogP contribution in [0.25, 0.3) is 0 Å². The van der Waals surface area contributed by atoms with Crippen LogP contribution in [0.5, 0.6) is 0 Å². The van der Waals surface area contributed by atoms with Crippen LogP contribution in [0.15, 0.2) is 0 Å². The molecule has 1 fully saturated rings. The molecule has 0 saturated carbocycles. The molecule has 0 bridgehead atoms. The lowest BCUT2D eigenvalue weighted by Crippen LogP contribution is -2.21. The number of likely N-dealkylation sites (tertiary alicyclic amines) is 1. The van der Waals surface area contributed by atoms with Crippen molar-refractivity contribution in [3.8, 4) is 0 Å². The Bertz CT molecular complexity index is 79.3. The highest BCUT2D eigenvalue weighted by Crippen LogP contribution is 2.10. The smallest absolute Gasteiger partial charge is 0.0593 e. The van der Waals surface area contributed by atoms with Gasteiger partial charge >= 0.3 is 0 Å². The van der Waals surface area contributed by atoms with Crippen molar-refractivity contribution in [3.05, 3.63) is 6.54 Å². The molecule has 2 heteroatoms. The Balaban J connectivity index is 1.91. The van der Waals surface area contributed by atoms with E-state index in [0.717, 1.165) is 19.8 Å². The van der Waals surface area contributed by atoms with Crippen molar-refractivity contribution in [1.29, 1.82) is 0 Å². The van der Waals surface area contributed by atoms with Crippen LogP contribution in [0, 0.1) is 6.54 Å². The normalized spacial score (nSPS) is 20.1. The molecule has 1 rings (SSSR count). The summed E-state index contributed by atoms with van der Waals surface area (Å²) in [4.78, 5) is 2.34. The van der Waals surface area contributed by atoms with Crippen molar-refractivity contribution >= 4 is 0 Å². The summed E-state index contributed by atoms with van der Waals surface area (Å²) in [5.41, 5.74) is 0. The van der Waals surface area contributed by atoms with Gasteiger partial charge in [-0.3, -0.25) is 4.90 Å². The number of hydrogen-bond donors (Lipinski definition) is 0. The van der Waals surface area contributed by atoms with Crippen LogP contribution in [-0.4, -0.2) is 31.2 Å². The minimum atomic E-state index is 0.841. The fourth-order valence-electron chi connectivity index (χ4n) is 1.19. The maximum absolute atomic E-state index is 5.23. The Hall–Kier alpha value is -0.0800. The van der Waals surface area contributed by atoms with Crippen LogP contribution in [0.4, 0.5) is 0 Å². The highest BCUT2D eigenvalue weighted by molar-refractivity contribution is 4.76. The molecule has 2 nitrogen and oxygen atoms in total. The van der Waals surface area contributed by atoms with Gasteiger partial charge in [0.1, 0.15) is 0 Å². The van der Waals surface area contributed by atoms with Crippen molar-refractivity contribution < 1.29 is 4.74 Å². The number of hydrogen-bond acceptors (Lipinski definition) is 2. The maximum atomic E-state index is 5.23. The van der Waals surface area contributed by atoms with Crippen LogP contribution in [0.1, 0.15) is 19.8 Å². The zero-order valence-electron chi connectivity index (χ0n) is 6.68. The van der Waals surface area contributed by atoms with Crippen LogP contribution < -0.4 is 0 Å². The Labute approximate surface area is 63.2 Å². The summed E-state index contributed by atoms with van der Waals surface area (Å²) in [6.07, 6.45) is 2.58. The molecule has 0 unspecified atom stereocenters. The van der Waals surface area contributed by atoms with E-state index < -0.39 is 0 Å². The molecule has 1 heterocycles. The van der Waals surface area contributed by atoms with E-state index in [4.69, 9.17) is 4.74 Å². The van der Waals surface area contributed by atoms with Crippen LogP contribution in [0.3, 0.4) is 0 Å². The highest BCUT2D eigenvalue weighted by atomic mass is 16.5. The molecule has 0 amide bonds. The standard InChI is InChI=1S/C8H16NO/c1-2-10-8-7-9-5-3-4-6-9/h5H,2-4,6-8H2,1H3. The summed E-state index contributed by atoms with van der Waals surface area (Å²) in [6.45, 7) is 8.34. The second-order valence-electron chi connectivity index (χ2n) is 2.56. The third-order valence-electron chi connectivity index (χ3n) is 1.76. The van der Waals surface area contributed by atoms with Crippen LogP contribution in [-0.2, 0) is 4.74 Å². The summed E-state index contributed by atoms with van der Waals surface area (Å²) in [7, 11) is 0. The van der Waals surface area contributed by atoms with Crippen LogP contribution >= 0.6 is 0 Å². The maximum Gasteiger partial charge on any atom is 0.0593 e. The van der Waals surface area contributed by atoms with E-state index in [1.165, 1.54) is 19.4 Å². The van der Waals surface area contributed by atoms with Gasteiger partial charge in [-0.25, -0.2) is 0 Å². The molecule has 0 N–H and O–H groups in total. The molecule has 0 atom stereocenters. The minimum Gasteiger partial charge on any atom is -0.380 e. The Morgan fingerprint density at radius 3 is 3.10 bits per heavy atom. The van der Waals surface area contributed by atoms with Gasteiger partial charge in [0.2, 0.25) is 0 Å². The molecule has 0 aromatic heterocycles. The third kappa shape index (κ3) is 2.67. The van der Waals surface area contributed by atoms with Crippen molar-refractivity contribution in [3.63, 3.8) is 0 Å². The van der Waals surface area contributed by atoms with E-state index in [1.54, 1.807) is 0 Å². The molecule has 1 aliphatic heterocycles. The molecular formula is C8H16NO. The van der Waals surface area contributed by atoms with E-state index in [2.05, 4.69) is 11.4 Å². The van der Waals surface area contributed by atoms with E-state index in [-0.39, 0.29) is 0 Å². The van der Waals surface area contributed by atoms with Crippen LogP contribution in [0.2, 0.25) is 0 Å². The van der Waals surface area contributed by atoms with Gasteiger partial charge in [-0.15, -0.1) is 0 Å². The molecule has 0 aliphatic carbocycles. The van der Waals surface area contributed by atoms with Crippen molar-refractivity contribution in [1.82, 2.24) is 4.90 Å². The summed E-state index contributed by atoms with van der Waals surface area (Å²) >= 11 is 0. The van der Waals surface area contributed by atoms with Gasteiger partial charge in [-0.05, 0) is 26.3 Å². The average Bonchev–Trinajstić information content (AvgIpc) is 2.41. The molecule has 1 saturated heterocycles. The van der Waals surface area contributed by atoms with Gasteiger partial charge in [0.15, 0.2) is 0 Å². The van der Waals surface area contributed by atoms with Gasteiger partial charge in [-0.2, -0.15) is 0 Å². The molecule has 0 spiro atoms. The van der Waals surface area contributed by atoms with Crippen molar-refractivity contribution in [2.45, 2.75) is 19.8 Å². The first kappa shape index (κ1) is 8.02. The fraction of sp³-hybridized carbons (Fsp3) is 0.875. The van der Waals surface area contributed by atoms with Crippen molar-refractivity contribution in [2.24, 2.45) is 0 Å². The van der Waals surface area contributed by atoms with Gasteiger partial charge in [-0.1, -0.05) is 0 Å². The quantitative estimate of drug-likeness (QED) is 0.548. The van der Waals surface area contributed by atoms with E-state index in [0.29, 0.717) is 0 Å². The second-order valence-corrected chi connectivity index (χ2v) is 2.56. The lowest BCUT2D eigenvalue weighted by Gasteiger charge is -2.12. The minimum absolute atomic E-state index is 0.841. The van der Waals surface area contributed by atoms with Gasteiger partial charge in [0.25, 0.3) is 0 Å².